The summed E-state index contributed by atoms with van der Waals surface area (Å²) in [5, 5.41) is 8.07. The molecule has 1 atom stereocenters. The summed E-state index contributed by atoms with van der Waals surface area (Å²) in [7, 11) is 0. The van der Waals surface area contributed by atoms with E-state index < -0.39 is 6.17 Å². The Morgan fingerprint density at radius 1 is 1.86 bits per heavy atom. The summed E-state index contributed by atoms with van der Waals surface area (Å²) in [5.74, 6) is 0. The van der Waals surface area contributed by atoms with Crippen molar-refractivity contribution < 1.29 is 9.50 Å². The molecule has 0 aromatic heterocycles. The second kappa shape index (κ2) is 4.06. The summed E-state index contributed by atoms with van der Waals surface area (Å²) in [4.78, 5) is 0. The van der Waals surface area contributed by atoms with Crippen molar-refractivity contribution in [1.82, 2.24) is 0 Å². The third-order valence-electron chi connectivity index (χ3n) is 0.690. The summed E-state index contributed by atoms with van der Waals surface area (Å²) in [5.41, 5.74) is 0. The van der Waals surface area contributed by atoms with E-state index in [0.717, 1.165) is 0 Å². The minimum absolute atomic E-state index is 0.357. The van der Waals surface area contributed by atoms with E-state index in [-0.39, 0.29) is 6.61 Å². The third-order valence-corrected chi connectivity index (χ3v) is 0.690. The summed E-state index contributed by atoms with van der Waals surface area (Å²) in [6, 6.07) is 0. The second-order valence-electron chi connectivity index (χ2n) is 1.42. The molecule has 7 heavy (non-hydrogen) atoms. The first kappa shape index (κ1) is 6.89. The molecule has 0 aromatic rings. The van der Waals surface area contributed by atoms with Gasteiger partial charge in [-0.15, -0.1) is 0 Å². The van der Waals surface area contributed by atoms with Crippen LogP contribution in [0, 0.1) is 6.42 Å². The molecule has 0 saturated heterocycles. The van der Waals surface area contributed by atoms with E-state index in [1.54, 1.807) is 13.3 Å². The largest absolute Gasteiger partial charge is 0.393 e. The molecule has 0 aromatic carbocycles. The Morgan fingerprint density at radius 2 is 2.43 bits per heavy atom. The van der Waals surface area contributed by atoms with Crippen molar-refractivity contribution in [3.05, 3.63) is 6.42 Å². The van der Waals surface area contributed by atoms with Gasteiger partial charge in [-0.25, -0.2) is 4.39 Å². The van der Waals surface area contributed by atoms with Gasteiger partial charge in [0.2, 0.25) is 0 Å². The Kier molecular flexibility index (Phi) is 4.00. The lowest BCUT2D eigenvalue weighted by molar-refractivity contribution is 0.177. The van der Waals surface area contributed by atoms with Crippen molar-refractivity contribution >= 4 is 0 Å². The van der Waals surface area contributed by atoms with Crippen LogP contribution in [0.3, 0.4) is 0 Å². The molecule has 1 nitrogen and oxygen atoms in total. The fraction of sp³-hybridized carbons (Fsp3) is 0.800. The molecular weight excluding hydrogens is 95.1 g/mol. The van der Waals surface area contributed by atoms with Gasteiger partial charge in [-0.3, -0.25) is 0 Å². The number of hydrogen-bond donors (Lipinski definition) is 1. The first-order valence-corrected chi connectivity index (χ1v) is 2.34. The van der Waals surface area contributed by atoms with Crippen molar-refractivity contribution in [2.24, 2.45) is 0 Å². The molecule has 0 amide bonds. The van der Waals surface area contributed by atoms with Gasteiger partial charge in [0, 0.05) is 0 Å². The van der Waals surface area contributed by atoms with E-state index in [1.807, 2.05) is 0 Å². The van der Waals surface area contributed by atoms with Gasteiger partial charge < -0.3 is 5.11 Å². The standard InChI is InChI=1S/C5H10FO/c1-2-3-5(6)4-7/h2,5,7H,3-4H2,1H3. The monoisotopic (exact) mass is 105 g/mol. The topological polar surface area (TPSA) is 20.2 Å². The highest BCUT2D eigenvalue weighted by Crippen LogP contribution is 1.97. The van der Waals surface area contributed by atoms with Crippen LogP contribution in [0.4, 0.5) is 4.39 Å². The Labute approximate surface area is 43.2 Å². The minimum atomic E-state index is -1.05. The SMILES string of the molecule is C[CH]CC(F)CO. The lowest BCUT2D eigenvalue weighted by atomic mass is 10.2. The van der Waals surface area contributed by atoms with Crippen molar-refractivity contribution in [2.75, 3.05) is 6.61 Å². The van der Waals surface area contributed by atoms with Crippen molar-refractivity contribution in [3.63, 3.8) is 0 Å². The van der Waals surface area contributed by atoms with Gasteiger partial charge in [0.1, 0.15) is 6.17 Å². The second-order valence-corrected chi connectivity index (χ2v) is 1.42. The number of hydrogen-bond acceptors (Lipinski definition) is 1. The molecule has 0 spiro atoms. The van der Waals surface area contributed by atoms with Crippen LogP contribution in [0.5, 0.6) is 0 Å². The maximum atomic E-state index is 11.9. The van der Waals surface area contributed by atoms with E-state index in [1.165, 1.54) is 0 Å². The van der Waals surface area contributed by atoms with Gasteiger partial charge in [0.05, 0.1) is 6.61 Å². The Bertz CT molecular complexity index is 39.1. The van der Waals surface area contributed by atoms with Gasteiger partial charge in [0.15, 0.2) is 0 Å². The molecule has 0 heterocycles. The summed E-state index contributed by atoms with van der Waals surface area (Å²) in [6.07, 6.45) is 1.00. The van der Waals surface area contributed by atoms with Gasteiger partial charge >= 0.3 is 0 Å². The number of aliphatic hydroxyl groups is 1. The molecule has 1 N–H and O–H groups in total. The molecule has 0 saturated carbocycles. The smallest absolute Gasteiger partial charge is 0.123 e. The minimum Gasteiger partial charge on any atom is -0.393 e. The van der Waals surface area contributed by atoms with Crippen LogP contribution < -0.4 is 0 Å². The lowest BCUT2D eigenvalue weighted by Gasteiger charge is -1.97. The first-order valence-electron chi connectivity index (χ1n) is 2.34. The highest BCUT2D eigenvalue weighted by molar-refractivity contribution is 4.62. The molecule has 0 aliphatic rings. The van der Waals surface area contributed by atoms with E-state index in [0.29, 0.717) is 6.42 Å². The average molecular weight is 105 g/mol. The van der Waals surface area contributed by atoms with Gasteiger partial charge in [0.25, 0.3) is 0 Å². The van der Waals surface area contributed by atoms with Crippen molar-refractivity contribution in [2.45, 2.75) is 19.5 Å². The Balaban J connectivity index is 2.83. The molecule has 0 fully saturated rings. The zero-order valence-corrected chi connectivity index (χ0v) is 4.39. The molecule has 0 bridgehead atoms. The number of rotatable bonds is 3. The number of aliphatic hydroxyl groups excluding tert-OH is 1. The molecular formula is C5H10FO. The summed E-state index contributed by atoms with van der Waals surface area (Å²) >= 11 is 0. The van der Waals surface area contributed by atoms with Crippen LogP contribution >= 0.6 is 0 Å². The maximum Gasteiger partial charge on any atom is 0.123 e. The molecule has 1 unspecified atom stereocenters. The fourth-order valence-electron chi connectivity index (χ4n) is 0.330. The van der Waals surface area contributed by atoms with Crippen molar-refractivity contribution in [3.8, 4) is 0 Å². The highest BCUT2D eigenvalue weighted by atomic mass is 19.1. The number of halogens is 1. The Hall–Kier alpha value is -0.110. The summed E-state index contributed by atoms with van der Waals surface area (Å²) < 4.78 is 11.9. The van der Waals surface area contributed by atoms with Gasteiger partial charge in [-0.1, -0.05) is 6.92 Å². The normalized spacial score (nSPS) is 14.1. The third kappa shape index (κ3) is 3.73. The summed E-state index contributed by atoms with van der Waals surface area (Å²) in [6.45, 7) is 1.41. The van der Waals surface area contributed by atoms with Crippen LogP contribution in [0.2, 0.25) is 0 Å². The van der Waals surface area contributed by atoms with E-state index in [4.69, 9.17) is 5.11 Å². The molecule has 0 aliphatic heterocycles. The van der Waals surface area contributed by atoms with E-state index in [9.17, 15) is 4.39 Å². The van der Waals surface area contributed by atoms with Gasteiger partial charge in [-0.05, 0) is 12.8 Å². The quantitative estimate of drug-likeness (QED) is 0.566. The molecule has 0 rings (SSSR count). The fourth-order valence-corrected chi connectivity index (χ4v) is 0.330. The van der Waals surface area contributed by atoms with E-state index >= 15 is 0 Å². The van der Waals surface area contributed by atoms with Crippen LogP contribution in [0.1, 0.15) is 13.3 Å². The van der Waals surface area contributed by atoms with Crippen LogP contribution in [-0.4, -0.2) is 17.9 Å². The molecule has 1 radical (unpaired) electrons. The van der Waals surface area contributed by atoms with Crippen LogP contribution in [0.25, 0.3) is 0 Å². The molecule has 2 heteroatoms. The predicted octanol–water partition coefficient (Wildman–Crippen LogP) is 0.931. The molecule has 0 aliphatic carbocycles. The van der Waals surface area contributed by atoms with Gasteiger partial charge in [-0.2, -0.15) is 0 Å². The zero-order valence-electron chi connectivity index (χ0n) is 4.39. The zero-order chi connectivity index (χ0) is 5.70. The lowest BCUT2D eigenvalue weighted by Crippen LogP contribution is -2.04. The maximum absolute atomic E-state index is 11.9. The Morgan fingerprint density at radius 3 is 2.57 bits per heavy atom. The number of alkyl halides is 1. The van der Waals surface area contributed by atoms with E-state index in [2.05, 4.69) is 0 Å². The predicted molar refractivity (Wildman–Crippen MR) is 26.6 cm³/mol. The van der Waals surface area contributed by atoms with Crippen LogP contribution in [-0.2, 0) is 0 Å². The molecule has 43 valence electrons. The highest BCUT2D eigenvalue weighted by Gasteiger charge is 1.99. The average Bonchev–Trinajstić information content (AvgIpc) is 1.68. The van der Waals surface area contributed by atoms with Crippen LogP contribution in [0.15, 0.2) is 0 Å². The van der Waals surface area contributed by atoms with Crippen molar-refractivity contribution in [1.29, 1.82) is 0 Å². The first-order chi connectivity index (χ1) is 3.31.